The quantitative estimate of drug-likeness (QED) is 0.687. The number of hydrogen-bond acceptors (Lipinski definition) is 2. The van der Waals surface area contributed by atoms with Crippen molar-refractivity contribution in [2.75, 3.05) is 19.6 Å². The standard InChI is InChI=1S/C18H32N2/c1-5-8-14-18(17-12-10-9-11-13-17)19-16(4)15-20(6-2)7-3/h9-13,16,18-19H,5-8,14-15H2,1-4H3. The Bertz CT molecular complexity index is 333. The van der Waals surface area contributed by atoms with Crippen LogP contribution in [0.2, 0.25) is 0 Å². The van der Waals surface area contributed by atoms with Gasteiger partial charge in [-0.25, -0.2) is 0 Å². The summed E-state index contributed by atoms with van der Waals surface area (Å²) in [5.74, 6) is 0. The number of likely N-dealkylation sites (N-methyl/N-ethyl adjacent to an activating group) is 1. The molecule has 0 aromatic heterocycles. The van der Waals surface area contributed by atoms with E-state index in [-0.39, 0.29) is 0 Å². The Morgan fingerprint density at radius 1 is 1.05 bits per heavy atom. The molecule has 2 nitrogen and oxygen atoms in total. The van der Waals surface area contributed by atoms with Crippen molar-refractivity contribution in [2.24, 2.45) is 0 Å². The van der Waals surface area contributed by atoms with Gasteiger partial charge in [0.05, 0.1) is 0 Å². The Kier molecular flexibility index (Phi) is 8.56. The molecule has 0 aliphatic carbocycles. The molecule has 1 N–H and O–H groups in total. The maximum Gasteiger partial charge on any atom is 0.0323 e. The fraction of sp³-hybridized carbons (Fsp3) is 0.667. The van der Waals surface area contributed by atoms with Crippen molar-refractivity contribution in [2.45, 2.75) is 59.0 Å². The van der Waals surface area contributed by atoms with Gasteiger partial charge in [-0.1, -0.05) is 63.9 Å². The summed E-state index contributed by atoms with van der Waals surface area (Å²) in [4.78, 5) is 2.49. The average molecular weight is 276 g/mol. The van der Waals surface area contributed by atoms with Crippen molar-refractivity contribution in [3.63, 3.8) is 0 Å². The highest BCUT2D eigenvalue weighted by Gasteiger charge is 2.15. The first-order chi connectivity index (χ1) is 9.71. The minimum atomic E-state index is 0.488. The van der Waals surface area contributed by atoms with E-state index in [0.717, 1.165) is 19.6 Å². The fourth-order valence-corrected chi connectivity index (χ4v) is 2.71. The van der Waals surface area contributed by atoms with E-state index in [4.69, 9.17) is 0 Å². The van der Waals surface area contributed by atoms with Crippen LogP contribution >= 0.6 is 0 Å². The SMILES string of the molecule is CCCCC(NC(C)CN(CC)CC)c1ccccc1. The second-order valence-electron chi connectivity index (χ2n) is 5.66. The minimum absolute atomic E-state index is 0.488. The summed E-state index contributed by atoms with van der Waals surface area (Å²) in [6, 6.07) is 11.9. The molecule has 0 saturated carbocycles. The van der Waals surface area contributed by atoms with Gasteiger partial charge >= 0.3 is 0 Å². The van der Waals surface area contributed by atoms with Gasteiger partial charge in [0.1, 0.15) is 0 Å². The van der Waals surface area contributed by atoms with Gasteiger partial charge in [-0.2, -0.15) is 0 Å². The number of rotatable bonds is 10. The van der Waals surface area contributed by atoms with Gasteiger partial charge in [0.2, 0.25) is 0 Å². The maximum atomic E-state index is 3.83. The van der Waals surface area contributed by atoms with E-state index in [2.05, 4.69) is 68.2 Å². The van der Waals surface area contributed by atoms with Crippen LogP contribution in [-0.4, -0.2) is 30.6 Å². The molecule has 0 aliphatic rings. The van der Waals surface area contributed by atoms with Crippen molar-refractivity contribution in [3.05, 3.63) is 35.9 Å². The molecule has 20 heavy (non-hydrogen) atoms. The zero-order chi connectivity index (χ0) is 14.8. The number of benzene rings is 1. The Balaban J connectivity index is 2.60. The zero-order valence-corrected chi connectivity index (χ0v) is 13.7. The number of nitrogens with zero attached hydrogens (tertiary/aromatic N) is 1. The van der Waals surface area contributed by atoms with Gasteiger partial charge in [-0.3, -0.25) is 0 Å². The molecule has 0 bridgehead atoms. The first-order valence-corrected chi connectivity index (χ1v) is 8.24. The van der Waals surface area contributed by atoms with E-state index < -0.39 is 0 Å². The van der Waals surface area contributed by atoms with Crippen molar-refractivity contribution in [3.8, 4) is 0 Å². The lowest BCUT2D eigenvalue weighted by molar-refractivity contribution is 0.258. The predicted octanol–water partition coefficient (Wildman–Crippen LogP) is 4.24. The molecule has 0 radical (unpaired) electrons. The first kappa shape index (κ1) is 17.2. The smallest absolute Gasteiger partial charge is 0.0323 e. The Labute approximate surface area is 125 Å². The van der Waals surface area contributed by atoms with E-state index in [1.165, 1.54) is 24.8 Å². The van der Waals surface area contributed by atoms with Gasteiger partial charge in [-0.05, 0) is 32.0 Å². The summed E-state index contributed by atoms with van der Waals surface area (Å²) in [7, 11) is 0. The first-order valence-electron chi connectivity index (χ1n) is 8.24. The van der Waals surface area contributed by atoms with Crippen LogP contribution in [0.15, 0.2) is 30.3 Å². The molecule has 2 heteroatoms. The normalized spacial score (nSPS) is 14.4. The van der Waals surface area contributed by atoms with Gasteiger partial charge in [0.15, 0.2) is 0 Å². The van der Waals surface area contributed by atoms with E-state index in [0.29, 0.717) is 12.1 Å². The van der Waals surface area contributed by atoms with Crippen LogP contribution in [0.3, 0.4) is 0 Å². The number of unbranched alkanes of at least 4 members (excludes halogenated alkanes) is 1. The molecule has 0 amide bonds. The second kappa shape index (κ2) is 9.95. The summed E-state index contributed by atoms with van der Waals surface area (Å²) in [6.07, 6.45) is 3.77. The summed E-state index contributed by atoms with van der Waals surface area (Å²) >= 11 is 0. The van der Waals surface area contributed by atoms with Crippen LogP contribution in [0.25, 0.3) is 0 Å². The van der Waals surface area contributed by atoms with Crippen molar-refractivity contribution in [1.82, 2.24) is 10.2 Å². The highest BCUT2D eigenvalue weighted by molar-refractivity contribution is 5.19. The Morgan fingerprint density at radius 2 is 1.70 bits per heavy atom. The molecule has 0 saturated heterocycles. The zero-order valence-electron chi connectivity index (χ0n) is 13.7. The summed E-state index contributed by atoms with van der Waals surface area (Å²) in [5.41, 5.74) is 1.42. The number of hydrogen-bond donors (Lipinski definition) is 1. The van der Waals surface area contributed by atoms with Gasteiger partial charge in [-0.15, -0.1) is 0 Å². The van der Waals surface area contributed by atoms with E-state index in [1.807, 2.05) is 0 Å². The Morgan fingerprint density at radius 3 is 2.25 bits per heavy atom. The third-order valence-corrected chi connectivity index (χ3v) is 3.96. The molecule has 114 valence electrons. The highest BCUT2D eigenvalue weighted by Crippen LogP contribution is 2.20. The van der Waals surface area contributed by atoms with E-state index in [1.54, 1.807) is 0 Å². The van der Waals surface area contributed by atoms with Crippen LogP contribution in [0.5, 0.6) is 0 Å². The molecular formula is C18H32N2. The monoisotopic (exact) mass is 276 g/mol. The fourth-order valence-electron chi connectivity index (χ4n) is 2.71. The number of nitrogens with one attached hydrogen (secondary N) is 1. The van der Waals surface area contributed by atoms with E-state index >= 15 is 0 Å². The third kappa shape index (κ3) is 6.06. The second-order valence-corrected chi connectivity index (χ2v) is 5.66. The highest BCUT2D eigenvalue weighted by atomic mass is 15.1. The average Bonchev–Trinajstić information content (AvgIpc) is 2.49. The lowest BCUT2D eigenvalue weighted by atomic mass is 10.0. The molecule has 0 heterocycles. The molecule has 0 aliphatic heterocycles. The lowest BCUT2D eigenvalue weighted by Crippen LogP contribution is -2.40. The van der Waals surface area contributed by atoms with Crippen LogP contribution in [0, 0.1) is 0 Å². The van der Waals surface area contributed by atoms with Crippen LogP contribution in [0.1, 0.15) is 58.6 Å². The molecular weight excluding hydrogens is 244 g/mol. The predicted molar refractivity (Wildman–Crippen MR) is 89.1 cm³/mol. The Hall–Kier alpha value is -0.860. The van der Waals surface area contributed by atoms with Crippen LogP contribution in [0.4, 0.5) is 0 Å². The van der Waals surface area contributed by atoms with Crippen molar-refractivity contribution < 1.29 is 0 Å². The summed E-state index contributed by atoms with van der Waals surface area (Å²) in [6.45, 7) is 12.4. The van der Waals surface area contributed by atoms with Crippen LogP contribution < -0.4 is 5.32 Å². The molecule has 1 rings (SSSR count). The summed E-state index contributed by atoms with van der Waals surface area (Å²) in [5, 5.41) is 3.83. The van der Waals surface area contributed by atoms with Crippen molar-refractivity contribution in [1.29, 1.82) is 0 Å². The molecule has 2 atom stereocenters. The van der Waals surface area contributed by atoms with Gasteiger partial charge < -0.3 is 10.2 Å². The molecule has 0 spiro atoms. The molecule has 1 aromatic carbocycles. The molecule has 2 unspecified atom stereocenters. The van der Waals surface area contributed by atoms with Gasteiger partial charge in [0.25, 0.3) is 0 Å². The molecule has 0 fully saturated rings. The minimum Gasteiger partial charge on any atom is -0.306 e. The van der Waals surface area contributed by atoms with E-state index in [9.17, 15) is 0 Å². The molecule has 1 aromatic rings. The summed E-state index contributed by atoms with van der Waals surface area (Å²) < 4.78 is 0. The lowest BCUT2D eigenvalue weighted by Gasteiger charge is -2.28. The van der Waals surface area contributed by atoms with Crippen LogP contribution in [-0.2, 0) is 0 Å². The van der Waals surface area contributed by atoms with Gasteiger partial charge in [0, 0.05) is 18.6 Å². The topological polar surface area (TPSA) is 15.3 Å². The third-order valence-electron chi connectivity index (χ3n) is 3.96. The maximum absolute atomic E-state index is 3.83. The largest absolute Gasteiger partial charge is 0.306 e. The van der Waals surface area contributed by atoms with Crippen molar-refractivity contribution >= 4 is 0 Å².